The smallest absolute Gasteiger partial charge is 0.240 e. The number of carbonyl (C=O) groups excluding carboxylic acids is 1. The van der Waals surface area contributed by atoms with Gasteiger partial charge >= 0.3 is 0 Å². The fraction of sp³-hybridized carbons (Fsp3) is 0.636. The number of amides is 1. The SMILES string of the molecule is Cc1ncc(CN(C)C(=O)C2CSCCN2)s1. The standard InChI is InChI=1S/C11H17N3OS2/c1-8-13-5-9(17-8)6-14(2)11(15)10-7-16-4-3-12-10/h5,10,12H,3-4,6-7H2,1-2H3. The first-order valence-corrected chi connectivity index (χ1v) is 7.61. The first kappa shape index (κ1) is 12.9. The van der Waals surface area contributed by atoms with Gasteiger partial charge in [0.1, 0.15) is 0 Å². The summed E-state index contributed by atoms with van der Waals surface area (Å²) in [5, 5.41) is 4.31. The van der Waals surface area contributed by atoms with Gasteiger partial charge in [-0.15, -0.1) is 11.3 Å². The van der Waals surface area contributed by atoms with E-state index < -0.39 is 0 Å². The highest BCUT2D eigenvalue weighted by Crippen LogP contribution is 2.15. The van der Waals surface area contributed by atoms with Gasteiger partial charge in [0, 0.05) is 36.2 Å². The molecule has 1 amide bonds. The van der Waals surface area contributed by atoms with E-state index in [1.807, 2.05) is 31.9 Å². The van der Waals surface area contributed by atoms with Crippen LogP contribution in [0.25, 0.3) is 0 Å². The molecule has 0 radical (unpaired) electrons. The van der Waals surface area contributed by atoms with E-state index in [2.05, 4.69) is 10.3 Å². The molecule has 1 aliphatic rings. The van der Waals surface area contributed by atoms with Crippen LogP contribution >= 0.6 is 23.1 Å². The Hall–Kier alpha value is -0.590. The van der Waals surface area contributed by atoms with Crippen molar-refractivity contribution in [1.82, 2.24) is 15.2 Å². The van der Waals surface area contributed by atoms with Crippen LogP contribution in [0.3, 0.4) is 0 Å². The first-order valence-electron chi connectivity index (χ1n) is 5.64. The van der Waals surface area contributed by atoms with E-state index in [0.717, 1.165) is 27.9 Å². The molecule has 17 heavy (non-hydrogen) atoms. The van der Waals surface area contributed by atoms with E-state index in [-0.39, 0.29) is 11.9 Å². The molecule has 1 unspecified atom stereocenters. The minimum atomic E-state index is -0.0206. The number of aromatic nitrogens is 1. The molecule has 94 valence electrons. The zero-order valence-electron chi connectivity index (χ0n) is 10.1. The molecule has 1 aromatic rings. The average molecular weight is 271 g/mol. The van der Waals surface area contributed by atoms with Gasteiger partial charge in [0.15, 0.2) is 0 Å². The zero-order chi connectivity index (χ0) is 12.3. The van der Waals surface area contributed by atoms with Crippen molar-refractivity contribution in [1.29, 1.82) is 0 Å². The van der Waals surface area contributed by atoms with E-state index in [4.69, 9.17) is 0 Å². The lowest BCUT2D eigenvalue weighted by atomic mass is 10.3. The van der Waals surface area contributed by atoms with Crippen LogP contribution in [-0.2, 0) is 11.3 Å². The van der Waals surface area contributed by atoms with Crippen LogP contribution in [-0.4, -0.2) is 46.9 Å². The van der Waals surface area contributed by atoms with Crippen molar-refractivity contribution in [2.45, 2.75) is 19.5 Å². The molecule has 1 N–H and O–H groups in total. The summed E-state index contributed by atoms with van der Waals surface area (Å²) in [7, 11) is 1.86. The molecule has 1 atom stereocenters. The number of nitrogens with one attached hydrogen (secondary N) is 1. The van der Waals surface area contributed by atoms with Crippen molar-refractivity contribution in [3.63, 3.8) is 0 Å². The van der Waals surface area contributed by atoms with E-state index >= 15 is 0 Å². The van der Waals surface area contributed by atoms with Gasteiger partial charge in [0.25, 0.3) is 0 Å². The van der Waals surface area contributed by atoms with E-state index in [0.29, 0.717) is 6.54 Å². The van der Waals surface area contributed by atoms with Gasteiger partial charge < -0.3 is 10.2 Å². The summed E-state index contributed by atoms with van der Waals surface area (Å²) in [6.07, 6.45) is 1.85. The van der Waals surface area contributed by atoms with Crippen LogP contribution in [0.4, 0.5) is 0 Å². The van der Waals surface area contributed by atoms with Crippen LogP contribution in [0.5, 0.6) is 0 Å². The molecule has 0 spiro atoms. The van der Waals surface area contributed by atoms with Crippen LogP contribution in [0.2, 0.25) is 0 Å². The zero-order valence-corrected chi connectivity index (χ0v) is 11.7. The summed E-state index contributed by atoms with van der Waals surface area (Å²) >= 11 is 3.49. The molecule has 1 aromatic heterocycles. The second-order valence-corrected chi connectivity index (χ2v) is 6.59. The highest BCUT2D eigenvalue weighted by atomic mass is 32.2. The fourth-order valence-corrected chi connectivity index (χ4v) is 3.55. The quantitative estimate of drug-likeness (QED) is 0.895. The summed E-state index contributed by atoms with van der Waals surface area (Å²) in [4.78, 5) is 19.3. The number of thiazole rings is 1. The molecule has 1 saturated heterocycles. The summed E-state index contributed by atoms with van der Waals surface area (Å²) in [6, 6.07) is -0.0206. The van der Waals surface area contributed by atoms with Crippen molar-refractivity contribution in [3.8, 4) is 0 Å². The predicted octanol–water partition coefficient (Wildman–Crippen LogP) is 1.11. The maximum absolute atomic E-state index is 12.1. The highest BCUT2D eigenvalue weighted by molar-refractivity contribution is 7.99. The van der Waals surface area contributed by atoms with Crippen LogP contribution in [0, 0.1) is 6.92 Å². The molecular weight excluding hydrogens is 254 g/mol. The largest absolute Gasteiger partial charge is 0.339 e. The Morgan fingerprint density at radius 2 is 2.53 bits per heavy atom. The van der Waals surface area contributed by atoms with E-state index in [9.17, 15) is 4.79 Å². The van der Waals surface area contributed by atoms with Crippen molar-refractivity contribution < 1.29 is 4.79 Å². The number of likely N-dealkylation sites (N-methyl/N-ethyl adjacent to an activating group) is 1. The Balaban J connectivity index is 1.90. The molecular formula is C11H17N3OS2. The Bertz CT molecular complexity index is 388. The second-order valence-electron chi connectivity index (χ2n) is 4.12. The minimum absolute atomic E-state index is 0.0206. The summed E-state index contributed by atoms with van der Waals surface area (Å²) in [6.45, 7) is 3.57. The van der Waals surface area contributed by atoms with Crippen molar-refractivity contribution >= 4 is 29.0 Å². The van der Waals surface area contributed by atoms with Gasteiger partial charge in [0.2, 0.25) is 5.91 Å². The summed E-state index contributed by atoms with van der Waals surface area (Å²) in [5.74, 6) is 2.16. The van der Waals surface area contributed by atoms with Gasteiger partial charge in [-0.3, -0.25) is 4.79 Å². The van der Waals surface area contributed by atoms with Crippen molar-refractivity contribution in [3.05, 3.63) is 16.1 Å². The lowest BCUT2D eigenvalue weighted by Gasteiger charge is -2.26. The van der Waals surface area contributed by atoms with Crippen molar-refractivity contribution in [2.24, 2.45) is 0 Å². The molecule has 4 nitrogen and oxygen atoms in total. The normalized spacial score (nSPS) is 20.2. The molecule has 1 fully saturated rings. The maximum Gasteiger partial charge on any atom is 0.240 e. The Labute approximate surface area is 110 Å². The van der Waals surface area contributed by atoms with Gasteiger partial charge in [-0.2, -0.15) is 11.8 Å². The molecule has 0 aliphatic carbocycles. The summed E-state index contributed by atoms with van der Waals surface area (Å²) in [5.41, 5.74) is 0. The lowest BCUT2D eigenvalue weighted by Crippen LogP contribution is -2.49. The number of hydrogen-bond acceptors (Lipinski definition) is 5. The number of carbonyl (C=O) groups is 1. The Morgan fingerprint density at radius 1 is 1.71 bits per heavy atom. The molecule has 0 aromatic carbocycles. The third-order valence-corrected chi connectivity index (χ3v) is 4.62. The molecule has 6 heteroatoms. The second kappa shape index (κ2) is 5.84. The fourth-order valence-electron chi connectivity index (χ4n) is 1.78. The van der Waals surface area contributed by atoms with Gasteiger partial charge in [-0.1, -0.05) is 0 Å². The highest BCUT2D eigenvalue weighted by Gasteiger charge is 2.24. The molecule has 1 aliphatic heterocycles. The monoisotopic (exact) mass is 271 g/mol. The van der Waals surface area contributed by atoms with E-state index in [1.165, 1.54) is 0 Å². The third-order valence-electron chi connectivity index (χ3n) is 2.66. The van der Waals surface area contributed by atoms with Gasteiger partial charge in [-0.25, -0.2) is 4.98 Å². The number of nitrogens with zero attached hydrogens (tertiary/aromatic N) is 2. The predicted molar refractivity (Wildman–Crippen MR) is 72.4 cm³/mol. The topological polar surface area (TPSA) is 45.2 Å². The van der Waals surface area contributed by atoms with Gasteiger partial charge in [-0.05, 0) is 6.92 Å². The number of rotatable bonds is 3. The van der Waals surface area contributed by atoms with Crippen molar-refractivity contribution in [2.75, 3.05) is 25.1 Å². The van der Waals surface area contributed by atoms with Crippen LogP contribution in [0.15, 0.2) is 6.20 Å². The van der Waals surface area contributed by atoms with E-state index in [1.54, 1.807) is 16.2 Å². The minimum Gasteiger partial charge on any atom is -0.339 e. The van der Waals surface area contributed by atoms with Crippen LogP contribution in [0.1, 0.15) is 9.88 Å². The van der Waals surface area contributed by atoms with Crippen LogP contribution < -0.4 is 5.32 Å². The average Bonchev–Trinajstić information content (AvgIpc) is 2.75. The molecule has 2 rings (SSSR count). The number of aryl methyl sites for hydroxylation is 1. The number of hydrogen-bond donors (Lipinski definition) is 1. The number of thioether (sulfide) groups is 1. The first-order chi connectivity index (χ1) is 8.16. The summed E-state index contributed by atoms with van der Waals surface area (Å²) < 4.78 is 0. The third kappa shape index (κ3) is 3.43. The Morgan fingerprint density at radius 3 is 3.12 bits per heavy atom. The molecule has 0 bridgehead atoms. The van der Waals surface area contributed by atoms with Gasteiger partial charge in [0.05, 0.1) is 17.6 Å². The maximum atomic E-state index is 12.1. The lowest BCUT2D eigenvalue weighted by molar-refractivity contribution is -0.132. The molecule has 2 heterocycles. The molecule has 0 saturated carbocycles. The Kier molecular flexibility index (Phi) is 4.42.